The predicted octanol–water partition coefficient (Wildman–Crippen LogP) is 1.84. The Kier molecular flexibility index (Phi) is 4.08. The Labute approximate surface area is 108 Å². The predicted molar refractivity (Wildman–Crippen MR) is 71.0 cm³/mol. The Balaban J connectivity index is 2.11. The highest BCUT2D eigenvalue weighted by atomic mass is 32.2. The lowest BCUT2D eigenvalue weighted by molar-refractivity contribution is 0.349. The molecular formula is C12H18N2O3S. The van der Waals surface area contributed by atoms with E-state index in [0.29, 0.717) is 24.5 Å². The molecule has 1 saturated heterocycles. The molecule has 18 heavy (non-hydrogen) atoms. The van der Waals surface area contributed by atoms with Crippen LogP contribution in [0.1, 0.15) is 19.3 Å². The van der Waals surface area contributed by atoms with Gasteiger partial charge in [0, 0.05) is 19.2 Å². The third kappa shape index (κ3) is 3.14. The van der Waals surface area contributed by atoms with Crippen molar-refractivity contribution < 1.29 is 13.2 Å². The van der Waals surface area contributed by atoms with E-state index in [9.17, 15) is 8.42 Å². The van der Waals surface area contributed by atoms with Gasteiger partial charge in [0.15, 0.2) is 0 Å². The van der Waals surface area contributed by atoms with E-state index in [0.717, 1.165) is 19.3 Å². The van der Waals surface area contributed by atoms with E-state index >= 15 is 0 Å². The number of hydrogen-bond donors (Lipinski definition) is 1. The van der Waals surface area contributed by atoms with Crippen LogP contribution < -0.4 is 9.46 Å². The van der Waals surface area contributed by atoms with Gasteiger partial charge in [-0.3, -0.25) is 4.72 Å². The third-order valence-corrected chi connectivity index (χ3v) is 4.51. The molecule has 0 unspecified atom stereocenters. The third-order valence-electron chi connectivity index (χ3n) is 2.97. The highest BCUT2D eigenvalue weighted by molar-refractivity contribution is 7.90. The van der Waals surface area contributed by atoms with Crippen LogP contribution in [0.25, 0.3) is 0 Å². The molecule has 6 heteroatoms. The number of nitrogens with zero attached hydrogens (tertiary/aromatic N) is 1. The van der Waals surface area contributed by atoms with Gasteiger partial charge in [-0.25, -0.2) is 0 Å². The fraction of sp³-hybridized carbons (Fsp3) is 0.500. The van der Waals surface area contributed by atoms with Gasteiger partial charge in [-0.1, -0.05) is 12.5 Å². The van der Waals surface area contributed by atoms with E-state index in [1.165, 1.54) is 4.31 Å². The molecule has 1 aromatic carbocycles. The molecule has 0 aliphatic carbocycles. The SMILES string of the molecule is COc1cccc(NS(=O)(=O)N2CCCCC2)c1. The molecule has 0 saturated carbocycles. The summed E-state index contributed by atoms with van der Waals surface area (Å²) in [4.78, 5) is 0. The maximum atomic E-state index is 12.1. The van der Waals surface area contributed by atoms with Crippen molar-refractivity contribution in [1.29, 1.82) is 0 Å². The lowest BCUT2D eigenvalue weighted by Crippen LogP contribution is -2.39. The molecule has 1 aromatic rings. The first kappa shape index (κ1) is 13.2. The van der Waals surface area contributed by atoms with Crippen LogP contribution in [-0.2, 0) is 10.2 Å². The Hall–Kier alpha value is -1.27. The molecule has 5 nitrogen and oxygen atoms in total. The molecule has 100 valence electrons. The fourth-order valence-electron chi connectivity index (χ4n) is 2.01. The van der Waals surface area contributed by atoms with Crippen molar-refractivity contribution in [3.63, 3.8) is 0 Å². The van der Waals surface area contributed by atoms with Crippen LogP contribution >= 0.6 is 0 Å². The molecule has 0 amide bonds. The van der Waals surface area contributed by atoms with E-state index in [4.69, 9.17) is 4.74 Å². The highest BCUT2D eigenvalue weighted by Crippen LogP contribution is 2.20. The number of anilines is 1. The van der Waals surface area contributed by atoms with E-state index < -0.39 is 10.2 Å². The average molecular weight is 270 g/mol. The minimum absolute atomic E-state index is 0.528. The largest absolute Gasteiger partial charge is 0.497 e. The molecule has 0 spiro atoms. The van der Waals surface area contributed by atoms with Gasteiger partial charge in [0.2, 0.25) is 0 Å². The number of methoxy groups -OCH3 is 1. The van der Waals surface area contributed by atoms with Gasteiger partial charge in [-0.2, -0.15) is 12.7 Å². The van der Waals surface area contributed by atoms with Crippen molar-refractivity contribution in [3.8, 4) is 5.75 Å². The van der Waals surface area contributed by atoms with Crippen molar-refractivity contribution in [3.05, 3.63) is 24.3 Å². The second-order valence-corrected chi connectivity index (χ2v) is 5.97. The standard InChI is InChI=1S/C12H18N2O3S/c1-17-12-7-5-6-11(10-12)13-18(15,16)14-8-3-2-4-9-14/h5-7,10,13H,2-4,8-9H2,1H3. The maximum absolute atomic E-state index is 12.1. The molecule has 0 radical (unpaired) electrons. The molecule has 1 aliphatic rings. The number of nitrogens with one attached hydrogen (secondary N) is 1. The quantitative estimate of drug-likeness (QED) is 0.908. The summed E-state index contributed by atoms with van der Waals surface area (Å²) in [6, 6.07) is 6.91. The Bertz CT molecular complexity index is 496. The average Bonchev–Trinajstić information content (AvgIpc) is 2.39. The Morgan fingerprint density at radius 3 is 2.61 bits per heavy atom. The highest BCUT2D eigenvalue weighted by Gasteiger charge is 2.23. The van der Waals surface area contributed by atoms with Crippen molar-refractivity contribution in [2.24, 2.45) is 0 Å². The van der Waals surface area contributed by atoms with Crippen LogP contribution in [0.2, 0.25) is 0 Å². The summed E-state index contributed by atoms with van der Waals surface area (Å²) < 4.78 is 33.4. The first-order valence-corrected chi connectivity index (χ1v) is 7.48. The van der Waals surface area contributed by atoms with Crippen molar-refractivity contribution >= 4 is 15.9 Å². The smallest absolute Gasteiger partial charge is 0.301 e. The van der Waals surface area contributed by atoms with Crippen LogP contribution in [0.4, 0.5) is 5.69 Å². The summed E-state index contributed by atoms with van der Waals surface area (Å²) in [5, 5.41) is 0. The molecule has 1 N–H and O–H groups in total. The van der Waals surface area contributed by atoms with Crippen molar-refractivity contribution in [1.82, 2.24) is 4.31 Å². The van der Waals surface area contributed by atoms with Crippen LogP contribution in [0.15, 0.2) is 24.3 Å². The van der Waals surface area contributed by atoms with Crippen molar-refractivity contribution in [2.45, 2.75) is 19.3 Å². The normalized spacial score (nSPS) is 17.4. The van der Waals surface area contributed by atoms with Crippen LogP contribution in [0.5, 0.6) is 5.75 Å². The van der Waals surface area contributed by atoms with Gasteiger partial charge in [0.1, 0.15) is 5.75 Å². The first-order chi connectivity index (χ1) is 8.62. The van der Waals surface area contributed by atoms with Gasteiger partial charge in [-0.05, 0) is 25.0 Å². The zero-order valence-electron chi connectivity index (χ0n) is 10.4. The lowest BCUT2D eigenvalue weighted by Gasteiger charge is -2.26. The molecular weight excluding hydrogens is 252 g/mol. The number of hydrogen-bond acceptors (Lipinski definition) is 3. The van der Waals surface area contributed by atoms with Crippen LogP contribution in [0.3, 0.4) is 0 Å². The lowest BCUT2D eigenvalue weighted by atomic mass is 10.2. The molecule has 1 fully saturated rings. The zero-order valence-corrected chi connectivity index (χ0v) is 11.2. The van der Waals surface area contributed by atoms with E-state index in [-0.39, 0.29) is 0 Å². The van der Waals surface area contributed by atoms with E-state index in [2.05, 4.69) is 4.72 Å². The minimum Gasteiger partial charge on any atom is -0.497 e. The van der Waals surface area contributed by atoms with Gasteiger partial charge in [-0.15, -0.1) is 0 Å². The summed E-state index contributed by atoms with van der Waals surface area (Å²) >= 11 is 0. The fourth-order valence-corrected chi connectivity index (χ4v) is 3.30. The molecule has 0 aromatic heterocycles. The molecule has 2 rings (SSSR count). The molecule has 1 aliphatic heterocycles. The minimum atomic E-state index is -3.43. The summed E-state index contributed by atoms with van der Waals surface area (Å²) in [5.74, 6) is 0.633. The number of piperidine rings is 1. The van der Waals surface area contributed by atoms with Gasteiger partial charge in [0.05, 0.1) is 12.8 Å². The second kappa shape index (κ2) is 5.58. The summed E-state index contributed by atoms with van der Waals surface area (Å²) in [5.41, 5.74) is 0.528. The topological polar surface area (TPSA) is 58.6 Å². The first-order valence-electron chi connectivity index (χ1n) is 6.04. The summed E-state index contributed by atoms with van der Waals surface area (Å²) in [7, 11) is -1.88. The van der Waals surface area contributed by atoms with E-state index in [1.807, 2.05) is 0 Å². The Morgan fingerprint density at radius 2 is 1.94 bits per heavy atom. The van der Waals surface area contributed by atoms with Gasteiger partial charge < -0.3 is 4.74 Å². The van der Waals surface area contributed by atoms with Gasteiger partial charge >= 0.3 is 10.2 Å². The summed E-state index contributed by atoms with van der Waals surface area (Å²) in [6.07, 6.45) is 2.96. The number of rotatable bonds is 4. The molecule has 0 bridgehead atoms. The van der Waals surface area contributed by atoms with E-state index in [1.54, 1.807) is 31.4 Å². The number of benzene rings is 1. The molecule has 0 atom stereocenters. The maximum Gasteiger partial charge on any atom is 0.301 e. The summed E-state index contributed by atoms with van der Waals surface area (Å²) in [6.45, 7) is 1.19. The van der Waals surface area contributed by atoms with Gasteiger partial charge in [0.25, 0.3) is 0 Å². The number of ether oxygens (including phenoxy) is 1. The monoisotopic (exact) mass is 270 g/mol. The van der Waals surface area contributed by atoms with Crippen LogP contribution in [-0.4, -0.2) is 32.9 Å². The second-order valence-electron chi connectivity index (χ2n) is 4.30. The van der Waals surface area contributed by atoms with Crippen LogP contribution in [0, 0.1) is 0 Å². The van der Waals surface area contributed by atoms with Crippen molar-refractivity contribution in [2.75, 3.05) is 24.9 Å². The molecule has 1 heterocycles. The zero-order chi connectivity index (χ0) is 13.0. The Morgan fingerprint density at radius 1 is 1.22 bits per heavy atom.